The number of hydrogen-bond donors (Lipinski definition) is 2. The van der Waals surface area contributed by atoms with E-state index in [4.69, 9.17) is 4.55 Å². The molecule has 1 atom stereocenters. The minimum atomic E-state index is -4.15. The number of nitrogens with zero attached hydrogens (tertiary/aromatic N) is 2. The molecule has 1 heterocycles. The molecule has 1 aromatic rings. The summed E-state index contributed by atoms with van der Waals surface area (Å²) in [5.74, 6) is -0.366. The lowest BCUT2D eigenvalue weighted by atomic mass is 10.3. The summed E-state index contributed by atoms with van der Waals surface area (Å²) in [4.78, 5) is 7.60. The number of aromatic nitrogens is 2. The highest BCUT2D eigenvalue weighted by molar-refractivity contribution is 7.85. The average molecular weight is 218 g/mol. The number of aliphatic hydroxyl groups is 1. The van der Waals surface area contributed by atoms with E-state index >= 15 is 0 Å². The fraction of sp³-hybridized carbons (Fsp3) is 0.429. The van der Waals surface area contributed by atoms with Crippen molar-refractivity contribution in [3.8, 4) is 0 Å². The molecule has 1 unspecified atom stereocenters. The molecule has 7 heteroatoms. The normalized spacial score (nSPS) is 13.9. The van der Waals surface area contributed by atoms with E-state index in [1.54, 1.807) is 6.07 Å². The highest BCUT2D eigenvalue weighted by Gasteiger charge is 2.15. The molecule has 0 saturated carbocycles. The Kier molecular flexibility index (Phi) is 3.50. The van der Waals surface area contributed by atoms with Crippen LogP contribution in [0.5, 0.6) is 0 Å². The lowest BCUT2D eigenvalue weighted by molar-refractivity contribution is 0.193. The van der Waals surface area contributed by atoms with Gasteiger partial charge in [0.15, 0.2) is 0 Å². The van der Waals surface area contributed by atoms with E-state index in [0.717, 1.165) is 0 Å². The molecule has 6 nitrogen and oxygen atoms in total. The molecule has 0 bridgehead atoms. The monoisotopic (exact) mass is 218 g/mol. The first kappa shape index (κ1) is 11.0. The van der Waals surface area contributed by atoms with Gasteiger partial charge in [0, 0.05) is 18.8 Å². The lowest BCUT2D eigenvalue weighted by Gasteiger charge is -2.06. The summed E-state index contributed by atoms with van der Waals surface area (Å²) in [7, 11) is -4.15. The van der Waals surface area contributed by atoms with Gasteiger partial charge < -0.3 is 5.11 Å². The van der Waals surface area contributed by atoms with Crippen molar-refractivity contribution in [2.75, 3.05) is 5.75 Å². The largest absolute Gasteiger partial charge is 0.392 e. The second-order valence-corrected chi connectivity index (χ2v) is 4.27. The van der Waals surface area contributed by atoms with Crippen LogP contribution in [0.15, 0.2) is 18.5 Å². The average Bonchev–Trinajstić information content (AvgIpc) is 2.02. The van der Waals surface area contributed by atoms with Gasteiger partial charge in [-0.05, 0) is 6.07 Å². The summed E-state index contributed by atoms with van der Waals surface area (Å²) in [5, 5.41) is 9.22. The molecular weight excluding hydrogens is 208 g/mol. The molecule has 0 saturated heterocycles. The van der Waals surface area contributed by atoms with Crippen molar-refractivity contribution in [2.24, 2.45) is 0 Å². The van der Waals surface area contributed by atoms with E-state index in [2.05, 4.69) is 9.97 Å². The molecule has 0 aliphatic heterocycles. The smallest absolute Gasteiger partial charge is 0.267 e. The molecule has 0 radical (unpaired) electrons. The Morgan fingerprint density at radius 3 is 2.43 bits per heavy atom. The van der Waals surface area contributed by atoms with E-state index in [1.165, 1.54) is 12.4 Å². The second-order valence-electron chi connectivity index (χ2n) is 2.77. The van der Waals surface area contributed by atoms with Gasteiger partial charge in [-0.1, -0.05) is 0 Å². The van der Waals surface area contributed by atoms with Gasteiger partial charge in [0.05, 0.1) is 6.10 Å². The maximum atomic E-state index is 10.4. The molecule has 0 aromatic carbocycles. The molecular formula is C7H10N2O4S. The van der Waals surface area contributed by atoms with Crippen molar-refractivity contribution in [1.82, 2.24) is 9.97 Å². The zero-order valence-electron chi connectivity index (χ0n) is 7.24. The first-order valence-electron chi connectivity index (χ1n) is 3.86. The molecule has 78 valence electrons. The Morgan fingerprint density at radius 1 is 1.36 bits per heavy atom. The van der Waals surface area contributed by atoms with E-state index in [1.807, 2.05) is 0 Å². The van der Waals surface area contributed by atoms with Gasteiger partial charge in [-0.25, -0.2) is 9.97 Å². The van der Waals surface area contributed by atoms with Crippen LogP contribution < -0.4 is 0 Å². The van der Waals surface area contributed by atoms with Gasteiger partial charge in [0.1, 0.15) is 11.6 Å². The number of rotatable bonds is 4. The van der Waals surface area contributed by atoms with Crippen LogP contribution in [-0.4, -0.2) is 39.9 Å². The van der Waals surface area contributed by atoms with Crippen LogP contribution in [0.2, 0.25) is 0 Å². The molecule has 14 heavy (non-hydrogen) atoms. The Balaban J connectivity index is 2.54. The van der Waals surface area contributed by atoms with Crippen LogP contribution >= 0.6 is 0 Å². The van der Waals surface area contributed by atoms with Gasteiger partial charge in [-0.3, -0.25) is 4.55 Å². The summed E-state index contributed by atoms with van der Waals surface area (Å²) >= 11 is 0. The maximum Gasteiger partial charge on any atom is 0.267 e. The van der Waals surface area contributed by atoms with Crippen LogP contribution in [-0.2, 0) is 16.5 Å². The molecule has 1 rings (SSSR count). The molecule has 0 aliphatic rings. The fourth-order valence-electron chi connectivity index (χ4n) is 0.948. The summed E-state index contributed by atoms with van der Waals surface area (Å²) in [5.41, 5.74) is 0. The van der Waals surface area contributed by atoms with E-state index < -0.39 is 22.0 Å². The van der Waals surface area contributed by atoms with Crippen molar-refractivity contribution < 1.29 is 18.1 Å². The maximum absolute atomic E-state index is 10.4. The van der Waals surface area contributed by atoms with Crippen molar-refractivity contribution in [2.45, 2.75) is 12.5 Å². The van der Waals surface area contributed by atoms with Crippen LogP contribution in [0.1, 0.15) is 5.82 Å². The Bertz CT molecular complexity index is 378. The third-order valence-electron chi connectivity index (χ3n) is 1.44. The van der Waals surface area contributed by atoms with Crippen molar-refractivity contribution in [3.05, 3.63) is 24.3 Å². The Hall–Kier alpha value is -1.05. The van der Waals surface area contributed by atoms with E-state index in [-0.39, 0.29) is 6.42 Å². The Labute approximate surface area is 81.4 Å². The number of hydrogen-bond acceptors (Lipinski definition) is 5. The van der Waals surface area contributed by atoms with Crippen LogP contribution in [0.3, 0.4) is 0 Å². The summed E-state index contributed by atoms with van der Waals surface area (Å²) in [6.45, 7) is 0. The SMILES string of the molecule is O=S(=O)(O)CC(O)Cc1ncccn1. The molecule has 0 spiro atoms. The second kappa shape index (κ2) is 4.45. The third kappa shape index (κ3) is 4.26. The minimum Gasteiger partial charge on any atom is -0.392 e. The highest BCUT2D eigenvalue weighted by Crippen LogP contribution is 1.98. The summed E-state index contributed by atoms with van der Waals surface area (Å²) in [6.07, 6.45) is 1.79. The minimum absolute atomic E-state index is 0.000625. The third-order valence-corrected chi connectivity index (χ3v) is 2.25. The fourth-order valence-corrected chi connectivity index (χ4v) is 1.55. The first-order chi connectivity index (χ1) is 6.47. The van der Waals surface area contributed by atoms with Gasteiger partial charge in [0.2, 0.25) is 0 Å². The van der Waals surface area contributed by atoms with E-state index in [0.29, 0.717) is 5.82 Å². The topological polar surface area (TPSA) is 100 Å². The number of aliphatic hydroxyl groups excluding tert-OH is 1. The van der Waals surface area contributed by atoms with E-state index in [9.17, 15) is 13.5 Å². The zero-order valence-corrected chi connectivity index (χ0v) is 8.05. The summed E-state index contributed by atoms with van der Waals surface area (Å²) in [6, 6.07) is 1.61. The van der Waals surface area contributed by atoms with Gasteiger partial charge in [-0.15, -0.1) is 0 Å². The first-order valence-corrected chi connectivity index (χ1v) is 5.47. The standard InChI is InChI=1S/C7H10N2O4S/c10-6(5-14(11,12)13)4-7-8-2-1-3-9-7/h1-3,6,10H,4-5H2,(H,11,12,13). The van der Waals surface area contributed by atoms with Gasteiger partial charge >= 0.3 is 0 Å². The van der Waals surface area contributed by atoms with Gasteiger partial charge in [-0.2, -0.15) is 8.42 Å². The van der Waals surface area contributed by atoms with Crippen molar-refractivity contribution >= 4 is 10.1 Å². The lowest BCUT2D eigenvalue weighted by Crippen LogP contribution is -2.23. The van der Waals surface area contributed by atoms with Gasteiger partial charge in [0.25, 0.3) is 10.1 Å². The molecule has 0 fully saturated rings. The molecule has 0 amide bonds. The van der Waals surface area contributed by atoms with Crippen LogP contribution in [0.25, 0.3) is 0 Å². The Morgan fingerprint density at radius 2 is 1.93 bits per heavy atom. The molecule has 0 aliphatic carbocycles. The van der Waals surface area contributed by atoms with Crippen molar-refractivity contribution in [3.63, 3.8) is 0 Å². The van der Waals surface area contributed by atoms with Crippen LogP contribution in [0.4, 0.5) is 0 Å². The quantitative estimate of drug-likeness (QED) is 0.646. The molecule has 2 N–H and O–H groups in total. The zero-order chi connectivity index (χ0) is 10.6. The molecule has 1 aromatic heterocycles. The highest BCUT2D eigenvalue weighted by atomic mass is 32.2. The summed E-state index contributed by atoms with van der Waals surface area (Å²) < 4.78 is 29.2. The predicted octanol–water partition coefficient (Wildman–Crippen LogP) is -0.732. The predicted molar refractivity (Wildman–Crippen MR) is 48.2 cm³/mol. The van der Waals surface area contributed by atoms with Crippen LogP contribution in [0, 0.1) is 0 Å². The van der Waals surface area contributed by atoms with Crippen molar-refractivity contribution in [1.29, 1.82) is 0 Å².